The second-order valence-electron chi connectivity index (χ2n) is 4.90. The molecule has 1 amide bonds. The average Bonchev–Trinajstić information content (AvgIpc) is 2.25. The first kappa shape index (κ1) is 15.9. The molecule has 0 unspecified atom stereocenters. The Bertz CT molecular complexity index is 257. The first-order chi connectivity index (χ1) is 7.52. The average molecular weight is 243 g/mol. The molecule has 0 aromatic heterocycles. The Morgan fingerprint density at radius 3 is 2.12 bits per heavy atom. The van der Waals surface area contributed by atoms with E-state index in [-0.39, 0.29) is 25.2 Å². The zero-order valence-corrected chi connectivity index (χ0v) is 10.0. The number of hydrogen-bond donors (Lipinski definition) is 2. The SMILES string of the molecule is C.CC(C)[C@H](NC(=O)C1CCCCC1)C(=O)O. The molecule has 0 radical (unpaired) electrons. The van der Waals surface area contributed by atoms with Crippen LogP contribution < -0.4 is 5.32 Å². The Labute approximate surface area is 104 Å². The number of carboxylic acid groups (broad SMARTS) is 1. The fraction of sp³-hybridized carbons (Fsp3) is 0.846. The number of carboxylic acids is 1. The summed E-state index contributed by atoms with van der Waals surface area (Å²) in [6.45, 7) is 3.61. The van der Waals surface area contributed by atoms with Crippen LogP contribution in [-0.4, -0.2) is 23.0 Å². The van der Waals surface area contributed by atoms with Crippen molar-refractivity contribution < 1.29 is 14.7 Å². The van der Waals surface area contributed by atoms with Gasteiger partial charge in [-0.05, 0) is 18.8 Å². The molecule has 4 nitrogen and oxygen atoms in total. The van der Waals surface area contributed by atoms with E-state index in [1.165, 1.54) is 6.42 Å². The van der Waals surface area contributed by atoms with Crippen LogP contribution in [0.15, 0.2) is 0 Å². The number of carbonyl (C=O) groups is 2. The van der Waals surface area contributed by atoms with Gasteiger partial charge >= 0.3 is 5.97 Å². The van der Waals surface area contributed by atoms with Crippen LogP contribution in [0, 0.1) is 11.8 Å². The van der Waals surface area contributed by atoms with Crippen LogP contribution in [0.2, 0.25) is 0 Å². The van der Waals surface area contributed by atoms with E-state index in [4.69, 9.17) is 5.11 Å². The van der Waals surface area contributed by atoms with Crippen molar-refractivity contribution in [1.29, 1.82) is 0 Å². The third-order valence-electron chi connectivity index (χ3n) is 3.21. The normalized spacial score (nSPS) is 18.3. The van der Waals surface area contributed by atoms with Crippen LogP contribution in [0.4, 0.5) is 0 Å². The standard InChI is InChI=1S/C12H21NO3.CH4/c1-8(2)10(12(15)16)13-11(14)9-6-4-3-5-7-9;/h8-10H,3-7H2,1-2H3,(H,13,14)(H,15,16);1H4/t10-;/m0./s1. The quantitative estimate of drug-likeness (QED) is 0.797. The Balaban J connectivity index is 0.00000256. The minimum atomic E-state index is -0.945. The maximum Gasteiger partial charge on any atom is 0.326 e. The van der Waals surface area contributed by atoms with Crippen molar-refractivity contribution in [2.24, 2.45) is 11.8 Å². The molecule has 1 aliphatic rings. The van der Waals surface area contributed by atoms with Gasteiger partial charge in [-0.1, -0.05) is 40.5 Å². The summed E-state index contributed by atoms with van der Waals surface area (Å²) in [6, 6.07) is -0.755. The maximum absolute atomic E-state index is 11.8. The lowest BCUT2D eigenvalue weighted by molar-refractivity contribution is -0.144. The van der Waals surface area contributed by atoms with Crippen LogP contribution >= 0.6 is 0 Å². The van der Waals surface area contributed by atoms with E-state index in [1.54, 1.807) is 13.8 Å². The molecule has 1 fully saturated rings. The molecular weight excluding hydrogens is 218 g/mol. The predicted octanol–water partition coefficient (Wildman–Crippen LogP) is 2.43. The maximum atomic E-state index is 11.8. The molecule has 0 aromatic rings. The molecule has 2 N–H and O–H groups in total. The number of amides is 1. The summed E-state index contributed by atoms with van der Waals surface area (Å²) in [7, 11) is 0. The molecule has 0 spiro atoms. The van der Waals surface area contributed by atoms with Gasteiger partial charge < -0.3 is 10.4 Å². The van der Waals surface area contributed by atoms with Gasteiger partial charge in [-0.2, -0.15) is 0 Å². The van der Waals surface area contributed by atoms with Gasteiger partial charge in [0.05, 0.1) is 0 Å². The van der Waals surface area contributed by atoms with E-state index in [0.29, 0.717) is 0 Å². The second-order valence-corrected chi connectivity index (χ2v) is 4.90. The van der Waals surface area contributed by atoms with Gasteiger partial charge in [0, 0.05) is 5.92 Å². The van der Waals surface area contributed by atoms with Crippen molar-refractivity contribution >= 4 is 11.9 Å². The minimum absolute atomic E-state index is 0. The number of hydrogen-bond acceptors (Lipinski definition) is 2. The molecule has 1 aliphatic carbocycles. The molecule has 0 aliphatic heterocycles. The molecule has 1 saturated carbocycles. The van der Waals surface area contributed by atoms with Crippen molar-refractivity contribution in [3.63, 3.8) is 0 Å². The summed E-state index contributed by atoms with van der Waals surface area (Å²) >= 11 is 0. The number of rotatable bonds is 4. The Morgan fingerprint density at radius 1 is 1.18 bits per heavy atom. The van der Waals surface area contributed by atoms with Crippen LogP contribution in [-0.2, 0) is 9.59 Å². The molecule has 0 saturated heterocycles. The molecule has 1 atom stereocenters. The number of nitrogens with one attached hydrogen (secondary N) is 1. The third kappa shape index (κ3) is 4.75. The Morgan fingerprint density at radius 2 is 1.71 bits per heavy atom. The van der Waals surface area contributed by atoms with E-state index in [0.717, 1.165) is 25.7 Å². The number of aliphatic carboxylic acids is 1. The molecule has 0 aromatic carbocycles. The smallest absolute Gasteiger partial charge is 0.326 e. The van der Waals surface area contributed by atoms with E-state index in [9.17, 15) is 9.59 Å². The Kier molecular flexibility index (Phi) is 6.85. The highest BCUT2D eigenvalue weighted by atomic mass is 16.4. The van der Waals surface area contributed by atoms with Gasteiger partial charge in [0.15, 0.2) is 0 Å². The zero-order valence-electron chi connectivity index (χ0n) is 10.0. The molecule has 17 heavy (non-hydrogen) atoms. The topological polar surface area (TPSA) is 66.4 Å². The van der Waals surface area contributed by atoms with Crippen molar-refractivity contribution in [2.45, 2.75) is 59.4 Å². The summed E-state index contributed by atoms with van der Waals surface area (Å²) < 4.78 is 0. The molecular formula is C13H25NO3. The first-order valence-corrected chi connectivity index (χ1v) is 6.05. The summed E-state index contributed by atoms with van der Waals surface area (Å²) in [6.07, 6.45) is 5.15. The van der Waals surface area contributed by atoms with Crippen molar-refractivity contribution in [3.8, 4) is 0 Å². The van der Waals surface area contributed by atoms with Gasteiger partial charge in [0.25, 0.3) is 0 Å². The highest BCUT2D eigenvalue weighted by Crippen LogP contribution is 2.23. The molecule has 100 valence electrons. The van der Waals surface area contributed by atoms with Crippen molar-refractivity contribution in [2.75, 3.05) is 0 Å². The van der Waals surface area contributed by atoms with E-state index < -0.39 is 12.0 Å². The van der Waals surface area contributed by atoms with E-state index in [2.05, 4.69) is 5.32 Å². The molecule has 1 rings (SSSR count). The van der Waals surface area contributed by atoms with Crippen molar-refractivity contribution in [3.05, 3.63) is 0 Å². The predicted molar refractivity (Wildman–Crippen MR) is 67.7 cm³/mol. The summed E-state index contributed by atoms with van der Waals surface area (Å²) in [5.41, 5.74) is 0. The monoisotopic (exact) mass is 243 g/mol. The lowest BCUT2D eigenvalue weighted by Crippen LogP contribution is -2.46. The first-order valence-electron chi connectivity index (χ1n) is 6.05. The van der Waals surface area contributed by atoms with Gasteiger partial charge in [0.2, 0.25) is 5.91 Å². The fourth-order valence-electron chi connectivity index (χ4n) is 2.15. The highest BCUT2D eigenvalue weighted by molar-refractivity contribution is 5.85. The third-order valence-corrected chi connectivity index (χ3v) is 3.21. The van der Waals surface area contributed by atoms with Crippen LogP contribution in [0.25, 0.3) is 0 Å². The van der Waals surface area contributed by atoms with Crippen LogP contribution in [0.1, 0.15) is 53.4 Å². The summed E-state index contributed by atoms with van der Waals surface area (Å²) in [4.78, 5) is 22.8. The lowest BCUT2D eigenvalue weighted by atomic mass is 9.88. The molecule has 0 bridgehead atoms. The molecule has 4 heteroatoms. The zero-order chi connectivity index (χ0) is 12.1. The van der Waals surface area contributed by atoms with E-state index in [1.807, 2.05) is 0 Å². The van der Waals surface area contributed by atoms with Crippen LogP contribution in [0.3, 0.4) is 0 Å². The molecule has 0 heterocycles. The second kappa shape index (κ2) is 7.30. The lowest BCUT2D eigenvalue weighted by Gasteiger charge is -2.24. The van der Waals surface area contributed by atoms with E-state index >= 15 is 0 Å². The van der Waals surface area contributed by atoms with Crippen LogP contribution in [0.5, 0.6) is 0 Å². The minimum Gasteiger partial charge on any atom is -0.480 e. The van der Waals surface area contributed by atoms with Gasteiger partial charge in [0.1, 0.15) is 6.04 Å². The number of carbonyl (C=O) groups excluding carboxylic acids is 1. The van der Waals surface area contributed by atoms with Crippen molar-refractivity contribution in [1.82, 2.24) is 5.32 Å². The highest BCUT2D eigenvalue weighted by Gasteiger charge is 2.28. The van der Waals surface area contributed by atoms with Gasteiger partial charge in [-0.3, -0.25) is 4.79 Å². The van der Waals surface area contributed by atoms with Gasteiger partial charge in [-0.25, -0.2) is 4.79 Å². The fourth-order valence-corrected chi connectivity index (χ4v) is 2.15. The summed E-state index contributed by atoms with van der Waals surface area (Å²) in [5, 5.41) is 11.6. The largest absolute Gasteiger partial charge is 0.480 e. The van der Waals surface area contributed by atoms with Gasteiger partial charge in [-0.15, -0.1) is 0 Å². The Hall–Kier alpha value is -1.06. The summed E-state index contributed by atoms with van der Waals surface area (Å²) in [5.74, 6) is -1.08.